The number of urea groups is 1. The molecule has 0 spiro atoms. The molecule has 2 amide bonds. The van der Waals surface area contributed by atoms with Gasteiger partial charge in [0.1, 0.15) is 0 Å². The molecule has 1 aliphatic heterocycles. The van der Waals surface area contributed by atoms with Crippen LogP contribution >= 0.6 is 0 Å². The molecule has 0 aliphatic carbocycles. The minimum atomic E-state index is -0.0160. The van der Waals surface area contributed by atoms with Crippen LogP contribution in [0.25, 0.3) is 5.69 Å². The highest BCUT2D eigenvalue weighted by atomic mass is 16.2. The average Bonchev–Trinajstić information content (AvgIpc) is 3.09. The molecule has 22 heavy (non-hydrogen) atoms. The van der Waals surface area contributed by atoms with E-state index in [1.165, 1.54) is 6.42 Å². The Morgan fingerprint density at radius 2 is 2.23 bits per heavy atom. The highest BCUT2D eigenvalue weighted by molar-refractivity contribution is 5.91. The zero-order chi connectivity index (χ0) is 15.4. The molecule has 116 valence electrons. The summed E-state index contributed by atoms with van der Waals surface area (Å²) < 4.78 is 1.76. The molecule has 2 heterocycles. The molecule has 3 rings (SSSR count). The van der Waals surface area contributed by atoms with E-state index in [1.54, 1.807) is 10.9 Å². The molecular weight excluding hydrogens is 276 g/mol. The number of carbonyl (C=O) groups is 1. The van der Waals surface area contributed by atoms with Crippen LogP contribution in [0.2, 0.25) is 0 Å². The highest BCUT2D eigenvalue weighted by Gasteiger charge is 2.23. The number of para-hydroxylation sites is 2. The number of carbonyl (C=O) groups excluding carboxylic acids is 1. The Morgan fingerprint density at radius 3 is 3.00 bits per heavy atom. The van der Waals surface area contributed by atoms with Crippen LogP contribution in [0, 0.1) is 5.92 Å². The number of hydrogen-bond acceptors (Lipinski definition) is 2. The number of piperidine rings is 1. The van der Waals surface area contributed by atoms with Gasteiger partial charge in [-0.05, 0) is 37.0 Å². The zero-order valence-corrected chi connectivity index (χ0v) is 12.9. The van der Waals surface area contributed by atoms with Crippen LogP contribution in [0.1, 0.15) is 26.2 Å². The van der Waals surface area contributed by atoms with Gasteiger partial charge in [0.2, 0.25) is 0 Å². The summed E-state index contributed by atoms with van der Waals surface area (Å²) in [6.07, 6.45) is 7.05. The molecule has 1 aromatic carbocycles. The van der Waals surface area contributed by atoms with E-state index in [9.17, 15) is 4.79 Å². The Morgan fingerprint density at radius 1 is 1.36 bits per heavy atom. The Bertz CT molecular complexity index is 623. The van der Waals surface area contributed by atoms with Crippen molar-refractivity contribution in [3.8, 4) is 5.69 Å². The maximum atomic E-state index is 12.5. The second kappa shape index (κ2) is 6.64. The Labute approximate surface area is 130 Å². The minimum Gasteiger partial charge on any atom is -0.324 e. The third-order valence-electron chi connectivity index (χ3n) is 4.28. The van der Waals surface area contributed by atoms with Crippen molar-refractivity contribution in [2.75, 3.05) is 18.4 Å². The van der Waals surface area contributed by atoms with Crippen LogP contribution in [0.5, 0.6) is 0 Å². The van der Waals surface area contributed by atoms with Crippen molar-refractivity contribution in [1.82, 2.24) is 14.7 Å². The SMILES string of the molecule is CC[C@@H]1CCCN(C(=O)Nc2ccccc2-n2cccn2)C1. The molecule has 0 saturated carbocycles. The monoisotopic (exact) mass is 298 g/mol. The van der Waals surface area contributed by atoms with E-state index in [0.29, 0.717) is 5.92 Å². The number of amides is 2. The largest absolute Gasteiger partial charge is 0.324 e. The average molecular weight is 298 g/mol. The summed E-state index contributed by atoms with van der Waals surface area (Å²) in [5, 5.41) is 7.28. The third-order valence-corrected chi connectivity index (χ3v) is 4.28. The fourth-order valence-electron chi connectivity index (χ4n) is 2.97. The maximum absolute atomic E-state index is 12.5. The first-order valence-corrected chi connectivity index (χ1v) is 7.93. The van der Waals surface area contributed by atoms with Crippen molar-refractivity contribution in [3.63, 3.8) is 0 Å². The van der Waals surface area contributed by atoms with Crippen molar-refractivity contribution in [2.24, 2.45) is 5.92 Å². The van der Waals surface area contributed by atoms with Gasteiger partial charge in [0.05, 0.1) is 11.4 Å². The lowest BCUT2D eigenvalue weighted by Crippen LogP contribution is -2.42. The number of nitrogens with one attached hydrogen (secondary N) is 1. The predicted molar refractivity (Wildman–Crippen MR) is 87.2 cm³/mol. The van der Waals surface area contributed by atoms with Gasteiger partial charge >= 0.3 is 6.03 Å². The van der Waals surface area contributed by atoms with Crippen molar-refractivity contribution in [2.45, 2.75) is 26.2 Å². The summed E-state index contributed by atoms with van der Waals surface area (Å²) >= 11 is 0. The summed E-state index contributed by atoms with van der Waals surface area (Å²) in [5.41, 5.74) is 1.67. The zero-order valence-electron chi connectivity index (χ0n) is 12.9. The van der Waals surface area contributed by atoms with Crippen LogP contribution in [0.4, 0.5) is 10.5 Å². The fraction of sp³-hybridized carbons (Fsp3) is 0.412. The second-order valence-electron chi connectivity index (χ2n) is 5.76. The molecule has 1 fully saturated rings. The summed E-state index contributed by atoms with van der Waals surface area (Å²) in [7, 11) is 0. The normalized spacial score (nSPS) is 18.2. The van der Waals surface area contributed by atoms with E-state index >= 15 is 0 Å². The molecular formula is C17H22N4O. The summed E-state index contributed by atoms with van der Waals surface area (Å²) in [5.74, 6) is 0.626. The first-order valence-electron chi connectivity index (χ1n) is 7.93. The molecule has 5 nitrogen and oxygen atoms in total. The molecule has 0 unspecified atom stereocenters. The van der Waals surface area contributed by atoms with E-state index in [-0.39, 0.29) is 6.03 Å². The number of hydrogen-bond donors (Lipinski definition) is 1. The van der Waals surface area contributed by atoms with Gasteiger partial charge in [-0.15, -0.1) is 0 Å². The van der Waals surface area contributed by atoms with Crippen molar-refractivity contribution in [1.29, 1.82) is 0 Å². The number of nitrogens with zero attached hydrogens (tertiary/aromatic N) is 3. The van der Waals surface area contributed by atoms with E-state index in [0.717, 1.165) is 37.3 Å². The van der Waals surface area contributed by atoms with Gasteiger partial charge in [0.25, 0.3) is 0 Å². The predicted octanol–water partition coefficient (Wildman–Crippen LogP) is 3.53. The number of rotatable bonds is 3. The Hall–Kier alpha value is -2.30. The quantitative estimate of drug-likeness (QED) is 0.942. The van der Waals surface area contributed by atoms with Crippen molar-refractivity contribution < 1.29 is 4.79 Å². The topological polar surface area (TPSA) is 50.2 Å². The van der Waals surface area contributed by atoms with Crippen molar-refractivity contribution in [3.05, 3.63) is 42.7 Å². The molecule has 1 N–H and O–H groups in total. The minimum absolute atomic E-state index is 0.0160. The molecule has 1 saturated heterocycles. The third kappa shape index (κ3) is 3.13. The summed E-state index contributed by atoms with van der Waals surface area (Å²) in [6, 6.07) is 9.59. The number of aromatic nitrogens is 2. The van der Waals surface area contributed by atoms with Gasteiger partial charge in [0, 0.05) is 25.5 Å². The molecule has 0 bridgehead atoms. The molecule has 1 atom stereocenters. The Kier molecular flexibility index (Phi) is 4.42. The summed E-state index contributed by atoms with van der Waals surface area (Å²) in [6.45, 7) is 3.89. The smallest absolute Gasteiger partial charge is 0.321 e. The van der Waals surface area contributed by atoms with Crippen molar-refractivity contribution >= 4 is 11.7 Å². The molecule has 1 aliphatic rings. The first kappa shape index (κ1) is 14.6. The van der Waals surface area contributed by atoms with E-state index in [2.05, 4.69) is 17.3 Å². The molecule has 2 aromatic rings. The number of benzene rings is 1. The van der Waals surface area contributed by atoms with Gasteiger partial charge in [-0.2, -0.15) is 5.10 Å². The summed E-state index contributed by atoms with van der Waals surface area (Å²) in [4.78, 5) is 14.5. The lowest BCUT2D eigenvalue weighted by Gasteiger charge is -2.32. The number of likely N-dealkylation sites (tertiary alicyclic amines) is 1. The van der Waals surface area contributed by atoms with Crippen LogP contribution in [-0.2, 0) is 0 Å². The second-order valence-corrected chi connectivity index (χ2v) is 5.76. The van der Waals surface area contributed by atoms with Crippen LogP contribution in [0.3, 0.4) is 0 Å². The Balaban J connectivity index is 1.74. The highest BCUT2D eigenvalue weighted by Crippen LogP contribution is 2.22. The standard InChI is InChI=1S/C17H22N4O/c1-2-14-7-5-11-20(13-14)17(22)19-15-8-3-4-9-16(15)21-12-6-10-18-21/h3-4,6,8-10,12,14H,2,5,7,11,13H2,1H3,(H,19,22)/t14-/m1/s1. The lowest BCUT2D eigenvalue weighted by atomic mass is 9.96. The molecule has 5 heteroatoms. The van der Waals surface area contributed by atoms with E-state index < -0.39 is 0 Å². The first-order chi connectivity index (χ1) is 10.8. The van der Waals surface area contributed by atoms with Gasteiger partial charge in [-0.3, -0.25) is 0 Å². The van der Waals surface area contributed by atoms with Crippen LogP contribution in [0.15, 0.2) is 42.7 Å². The lowest BCUT2D eigenvalue weighted by molar-refractivity contribution is 0.176. The van der Waals surface area contributed by atoms with Gasteiger partial charge in [0.15, 0.2) is 0 Å². The number of anilines is 1. The van der Waals surface area contributed by atoms with Gasteiger partial charge in [-0.25, -0.2) is 9.48 Å². The fourth-order valence-corrected chi connectivity index (χ4v) is 2.97. The van der Waals surface area contributed by atoms with E-state index in [4.69, 9.17) is 0 Å². The molecule has 0 radical (unpaired) electrons. The molecule has 1 aromatic heterocycles. The maximum Gasteiger partial charge on any atom is 0.321 e. The van der Waals surface area contributed by atoms with E-state index in [1.807, 2.05) is 41.4 Å². The van der Waals surface area contributed by atoms with Gasteiger partial charge < -0.3 is 10.2 Å². The van der Waals surface area contributed by atoms with Gasteiger partial charge in [-0.1, -0.05) is 25.5 Å². The van der Waals surface area contributed by atoms with Crippen LogP contribution < -0.4 is 5.32 Å². The van der Waals surface area contributed by atoms with Crippen LogP contribution in [-0.4, -0.2) is 33.8 Å².